The number of nitrogens with two attached hydrogens (primary N) is 1. The highest BCUT2D eigenvalue weighted by atomic mass is 16.2. The summed E-state index contributed by atoms with van der Waals surface area (Å²) < 4.78 is 0. The lowest BCUT2D eigenvalue weighted by atomic mass is 10.0. The van der Waals surface area contributed by atoms with Crippen molar-refractivity contribution in [2.75, 3.05) is 18.9 Å². The van der Waals surface area contributed by atoms with E-state index in [1.54, 1.807) is 6.07 Å². The van der Waals surface area contributed by atoms with E-state index in [1.165, 1.54) is 24.1 Å². The lowest BCUT2D eigenvalue weighted by Gasteiger charge is -2.30. The number of unbranched alkanes of at least 4 members (excludes halogenated alkanes) is 1. The monoisotopic (exact) mass is 388 g/mol. The van der Waals surface area contributed by atoms with Crippen molar-refractivity contribution in [1.82, 2.24) is 10.2 Å². The predicted octanol–water partition coefficient (Wildman–Crippen LogP) is 0.444. The maximum atomic E-state index is 13.0. The van der Waals surface area contributed by atoms with Crippen LogP contribution in [0.25, 0.3) is 0 Å². The molecular weight excluding hydrogens is 364 g/mol. The van der Waals surface area contributed by atoms with Crippen LogP contribution in [0.3, 0.4) is 0 Å². The second kappa shape index (κ2) is 9.75. The van der Waals surface area contributed by atoms with Crippen molar-refractivity contribution in [3.63, 3.8) is 0 Å². The first-order valence-electron chi connectivity index (χ1n) is 9.08. The van der Waals surface area contributed by atoms with Crippen molar-refractivity contribution < 1.29 is 24.0 Å². The van der Waals surface area contributed by atoms with Crippen LogP contribution in [0.15, 0.2) is 18.2 Å². The Bertz CT molecular complexity index is 793. The van der Waals surface area contributed by atoms with Crippen LogP contribution < -0.4 is 16.4 Å². The molecule has 1 saturated heterocycles. The summed E-state index contributed by atoms with van der Waals surface area (Å²) in [5.74, 6) is -1.84. The molecule has 1 unspecified atom stereocenters. The van der Waals surface area contributed by atoms with Crippen molar-refractivity contribution >= 4 is 35.6 Å². The summed E-state index contributed by atoms with van der Waals surface area (Å²) in [5, 5.41) is 4.86. The molecular formula is C19H24N4O5. The Balaban J connectivity index is 2.25. The third kappa shape index (κ3) is 5.01. The number of nitrogens with zero attached hydrogens (tertiary/aromatic N) is 1. The van der Waals surface area contributed by atoms with Crippen molar-refractivity contribution in [3.8, 4) is 0 Å². The minimum absolute atomic E-state index is 0.0110. The number of amides is 4. The number of anilines is 1. The topological polar surface area (TPSA) is 139 Å². The molecule has 4 N–H and O–H groups in total. The van der Waals surface area contributed by atoms with Gasteiger partial charge in [0.1, 0.15) is 6.04 Å². The number of nitrogens with one attached hydrogen (secondary N) is 2. The zero-order valence-electron chi connectivity index (χ0n) is 15.7. The molecule has 0 saturated carbocycles. The average molecular weight is 388 g/mol. The van der Waals surface area contributed by atoms with E-state index in [-0.39, 0.29) is 47.9 Å². The number of rotatable bonds is 8. The highest BCUT2D eigenvalue weighted by Gasteiger charge is 2.34. The smallest absolute Gasteiger partial charge is 0.257 e. The van der Waals surface area contributed by atoms with E-state index in [4.69, 9.17) is 5.73 Å². The summed E-state index contributed by atoms with van der Waals surface area (Å²) in [6, 6.07) is 3.71. The van der Waals surface area contributed by atoms with Gasteiger partial charge in [0, 0.05) is 25.5 Å². The molecule has 150 valence electrons. The molecule has 28 heavy (non-hydrogen) atoms. The third-order valence-corrected chi connectivity index (χ3v) is 4.57. The van der Waals surface area contributed by atoms with Crippen LogP contribution in [0.2, 0.25) is 0 Å². The van der Waals surface area contributed by atoms with E-state index in [2.05, 4.69) is 10.6 Å². The number of piperidine rings is 1. The van der Waals surface area contributed by atoms with Gasteiger partial charge in [-0.15, -0.1) is 0 Å². The van der Waals surface area contributed by atoms with Crippen molar-refractivity contribution in [3.05, 3.63) is 29.3 Å². The molecule has 4 amide bonds. The molecule has 1 aliphatic rings. The fourth-order valence-electron chi connectivity index (χ4n) is 3.02. The second-order valence-corrected chi connectivity index (χ2v) is 6.56. The largest absolute Gasteiger partial charge is 0.330 e. The number of likely N-dealkylation sites (N-methyl/N-ethyl adjacent to an activating group) is 1. The maximum absolute atomic E-state index is 13.0. The van der Waals surface area contributed by atoms with Crippen LogP contribution in [-0.4, -0.2) is 54.4 Å². The first-order valence-corrected chi connectivity index (χ1v) is 9.08. The summed E-state index contributed by atoms with van der Waals surface area (Å²) in [6.07, 6.45) is 2.38. The van der Waals surface area contributed by atoms with Crippen LogP contribution in [0.5, 0.6) is 0 Å². The summed E-state index contributed by atoms with van der Waals surface area (Å²) in [7, 11) is 1.43. The molecule has 1 heterocycles. The summed E-state index contributed by atoms with van der Waals surface area (Å²) >= 11 is 0. The number of carbonyl (C=O) groups is 5. The lowest BCUT2D eigenvalue weighted by molar-refractivity contribution is -0.136. The summed E-state index contributed by atoms with van der Waals surface area (Å²) in [5.41, 5.74) is 5.73. The molecule has 9 heteroatoms. The fourth-order valence-corrected chi connectivity index (χ4v) is 3.02. The zero-order chi connectivity index (χ0) is 20.7. The first-order chi connectivity index (χ1) is 13.4. The van der Waals surface area contributed by atoms with Crippen molar-refractivity contribution in [2.45, 2.75) is 38.1 Å². The summed E-state index contributed by atoms with van der Waals surface area (Å²) in [4.78, 5) is 61.3. The molecule has 1 atom stereocenters. The molecule has 1 fully saturated rings. The van der Waals surface area contributed by atoms with E-state index < -0.39 is 17.9 Å². The van der Waals surface area contributed by atoms with Gasteiger partial charge in [-0.2, -0.15) is 0 Å². The van der Waals surface area contributed by atoms with Crippen molar-refractivity contribution in [1.29, 1.82) is 0 Å². The number of carbonyl (C=O) groups excluding carboxylic acids is 5. The Labute approximate surface area is 162 Å². The minimum atomic E-state index is -0.835. The highest BCUT2D eigenvalue weighted by Crippen LogP contribution is 2.23. The zero-order valence-corrected chi connectivity index (χ0v) is 15.7. The van der Waals surface area contributed by atoms with Gasteiger partial charge in [-0.3, -0.25) is 29.3 Å². The van der Waals surface area contributed by atoms with Gasteiger partial charge in [-0.25, -0.2) is 0 Å². The highest BCUT2D eigenvalue weighted by molar-refractivity contribution is 6.10. The Morgan fingerprint density at radius 1 is 1.32 bits per heavy atom. The minimum Gasteiger partial charge on any atom is -0.330 e. The molecule has 0 radical (unpaired) electrons. The Morgan fingerprint density at radius 3 is 2.71 bits per heavy atom. The van der Waals surface area contributed by atoms with Crippen LogP contribution in [0.4, 0.5) is 5.69 Å². The number of benzene rings is 1. The van der Waals surface area contributed by atoms with Crippen molar-refractivity contribution in [2.24, 2.45) is 5.73 Å². The molecule has 2 rings (SSSR count). The van der Waals surface area contributed by atoms with Gasteiger partial charge < -0.3 is 16.0 Å². The van der Waals surface area contributed by atoms with Gasteiger partial charge >= 0.3 is 0 Å². The van der Waals surface area contributed by atoms with Gasteiger partial charge in [0.05, 0.1) is 11.3 Å². The lowest BCUT2D eigenvalue weighted by Crippen LogP contribution is -2.53. The van der Waals surface area contributed by atoms with E-state index in [9.17, 15) is 24.0 Å². The maximum Gasteiger partial charge on any atom is 0.257 e. The third-order valence-electron chi connectivity index (χ3n) is 4.57. The van der Waals surface area contributed by atoms with Gasteiger partial charge in [0.15, 0.2) is 6.29 Å². The van der Waals surface area contributed by atoms with Gasteiger partial charge in [-0.05, 0) is 31.9 Å². The molecule has 0 spiro atoms. The van der Waals surface area contributed by atoms with Gasteiger partial charge in [0.2, 0.25) is 17.7 Å². The number of hydrogen-bond donors (Lipinski definition) is 3. The van der Waals surface area contributed by atoms with Crippen LogP contribution in [0.1, 0.15) is 52.8 Å². The average Bonchev–Trinajstić information content (AvgIpc) is 2.67. The van der Waals surface area contributed by atoms with Crippen LogP contribution in [0, 0.1) is 0 Å². The van der Waals surface area contributed by atoms with Crippen LogP contribution in [-0.2, 0) is 14.4 Å². The van der Waals surface area contributed by atoms with E-state index >= 15 is 0 Å². The number of aldehydes is 1. The standard InChI is InChI=1S/C19H24N4O5/c1-23(14-8-9-16(26)22-18(14)27)19(28)17-12(11-24)5-4-6-13(17)21-15(25)7-2-3-10-20/h4-6,11,14H,2-3,7-10,20H2,1H3,(H,21,25)(H,22,26,27). The Hall–Kier alpha value is -3.07. The summed E-state index contributed by atoms with van der Waals surface area (Å²) in [6.45, 7) is 0.481. The van der Waals surface area contributed by atoms with E-state index in [0.29, 0.717) is 25.7 Å². The van der Waals surface area contributed by atoms with Crippen LogP contribution >= 0.6 is 0 Å². The van der Waals surface area contributed by atoms with Gasteiger partial charge in [-0.1, -0.05) is 12.1 Å². The van der Waals surface area contributed by atoms with E-state index in [0.717, 1.165) is 0 Å². The molecule has 1 aromatic rings. The first kappa shape index (κ1) is 21.2. The molecule has 1 aliphatic heterocycles. The Kier molecular flexibility index (Phi) is 7.39. The fraction of sp³-hybridized carbons (Fsp3) is 0.421. The molecule has 0 bridgehead atoms. The SMILES string of the molecule is CN(C(=O)c1c(C=O)cccc1NC(=O)CCCCN)C1CCC(=O)NC1=O. The number of imide groups is 1. The molecule has 0 aromatic heterocycles. The number of hydrogen-bond acceptors (Lipinski definition) is 6. The normalized spacial score (nSPS) is 16.3. The quantitative estimate of drug-likeness (QED) is 0.336. The molecule has 9 nitrogen and oxygen atoms in total. The predicted molar refractivity (Wildman–Crippen MR) is 102 cm³/mol. The van der Waals surface area contributed by atoms with Gasteiger partial charge in [0.25, 0.3) is 5.91 Å². The molecule has 0 aliphatic carbocycles. The molecule has 1 aromatic carbocycles. The second-order valence-electron chi connectivity index (χ2n) is 6.56. The van der Waals surface area contributed by atoms with E-state index in [1.807, 2.05) is 0 Å². The Morgan fingerprint density at radius 2 is 2.07 bits per heavy atom.